The van der Waals surface area contributed by atoms with Crippen LogP contribution in [0.25, 0.3) is 0 Å². The average molecular weight is 266 g/mol. The molecule has 14 heavy (non-hydrogen) atoms. The summed E-state index contributed by atoms with van der Waals surface area (Å²) in [4.78, 5) is 0. The van der Waals surface area contributed by atoms with Gasteiger partial charge in [0, 0.05) is 22.5 Å². The molecule has 1 rings (SSSR count). The first-order valence-corrected chi connectivity index (χ1v) is 4.82. The van der Waals surface area contributed by atoms with Crippen molar-refractivity contribution in [1.82, 2.24) is 0 Å². The van der Waals surface area contributed by atoms with Gasteiger partial charge in [-0.05, 0) is 12.1 Å². The third-order valence-corrected chi connectivity index (χ3v) is 2.32. The van der Waals surface area contributed by atoms with Crippen molar-refractivity contribution in [3.8, 4) is 5.75 Å². The maximum atomic E-state index is 12.0. The lowest BCUT2D eigenvalue weighted by atomic mass is 10.0. The first kappa shape index (κ1) is 11.4. The smallest absolute Gasteiger partial charge is 0.240 e. The number of phenols is 1. The van der Waals surface area contributed by atoms with Gasteiger partial charge in [0.2, 0.25) is 6.43 Å². The quantitative estimate of drug-likeness (QED) is 0.883. The van der Waals surface area contributed by atoms with E-state index < -0.39 is 18.9 Å². The highest BCUT2D eigenvalue weighted by atomic mass is 79.9. The van der Waals surface area contributed by atoms with Gasteiger partial charge in [-0.1, -0.05) is 22.0 Å². The van der Waals surface area contributed by atoms with Crippen LogP contribution in [-0.2, 0) is 0 Å². The van der Waals surface area contributed by atoms with E-state index in [-0.39, 0.29) is 5.75 Å². The van der Waals surface area contributed by atoms with Crippen molar-refractivity contribution in [2.24, 2.45) is 5.73 Å². The van der Waals surface area contributed by atoms with Crippen LogP contribution >= 0.6 is 15.9 Å². The van der Waals surface area contributed by atoms with Crippen LogP contribution in [0.4, 0.5) is 8.78 Å². The van der Waals surface area contributed by atoms with Crippen molar-refractivity contribution >= 4 is 15.9 Å². The maximum Gasteiger partial charge on any atom is 0.240 e. The van der Waals surface area contributed by atoms with Gasteiger partial charge in [-0.15, -0.1) is 0 Å². The second kappa shape index (κ2) is 4.70. The lowest BCUT2D eigenvalue weighted by Gasteiger charge is -2.12. The van der Waals surface area contributed by atoms with Gasteiger partial charge in [-0.2, -0.15) is 0 Å². The van der Waals surface area contributed by atoms with Gasteiger partial charge in [0.25, 0.3) is 0 Å². The second-order valence-corrected chi connectivity index (χ2v) is 3.85. The minimum absolute atomic E-state index is 0.0625. The Bertz CT molecular complexity index is 320. The highest BCUT2D eigenvalue weighted by Gasteiger charge is 2.15. The molecular formula is C9H10BrF2NO. The Hall–Kier alpha value is -0.680. The normalized spacial score (nSPS) is 13.2. The SMILES string of the molecule is N[C@@H](CC(F)F)c1ccc(Br)cc1O. The molecule has 0 bridgehead atoms. The predicted molar refractivity (Wildman–Crippen MR) is 53.4 cm³/mol. The van der Waals surface area contributed by atoms with E-state index in [2.05, 4.69) is 15.9 Å². The molecule has 0 aliphatic heterocycles. The lowest BCUT2D eigenvalue weighted by Crippen LogP contribution is -2.14. The Morgan fingerprint density at radius 2 is 2.07 bits per heavy atom. The Kier molecular flexibility index (Phi) is 3.83. The van der Waals surface area contributed by atoms with Gasteiger partial charge in [0.05, 0.1) is 0 Å². The van der Waals surface area contributed by atoms with E-state index in [1.54, 1.807) is 6.07 Å². The van der Waals surface area contributed by atoms with E-state index in [1.807, 2.05) is 0 Å². The molecule has 0 spiro atoms. The van der Waals surface area contributed by atoms with Gasteiger partial charge >= 0.3 is 0 Å². The third kappa shape index (κ3) is 2.92. The molecular weight excluding hydrogens is 256 g/mol. The van der Waals surface area contributed by atoms with E-state index in [0.29, 0.717) is 10.0 Å². The second-order valence-electron chi connectivity index (χ2n) is 2.94. The fraction of sp³-hybridized carbons (Fsp3) is 0.333. The molecule has 0 fully saturated rings. The topological polar surface area (TPSA) is 46.2 Å². The molecule has 0 aliphatic carbocycles. The molecule has 1 aromatic rings. The Labute approximate surface area is 88.9 Å². The first-order valence-electron chi connectivity index (χ1n) is 4.03. The molecule has 0 saturated carbocycles. The van der Waals surface area contributed by atoms with E-state index in [9.17, 15) is 13.9 Å². The van der Waals surface area contributed by atoms with Crippen molar-refractivity contribution in [3.05, 3.63) is 28.2 Å². The number of phenolic OH excluding ortho intramolecular Hbond substituents is 1. The van der Waals surface area contributed by atoms with Crippen LogP contribution in [-0.4, -0.2) is 11.5 Å². The summed E-state index contributed by atoms with van der Waals surface area (Å²) in [6.45, 7) is 0. The van der Waals surface area contributed by atoms with Gasteiger partial charge < -0.3 is 10.8 Å². The highest BCUT2D eigenvalue weighted by molar-refractivity contribution is 9.10. The number of benzene rings is 1. The van der Waals surface area contributed by atoms with E-state index in [1.165, 1.54) is 12.1 Å². The molecule has 0 aliphatic rings. The van der Waals surface area contributed by atoms with Crippen LogP contribution in [0.15, 0.2) is 22.7 Å². The molecule has 1 aromatic carbocycles. The van der Waals surface area contributed by atoms with Crippen LogP contribution in [0.1, 0.15) is 18.0 Å². The highest BCUT2D eigenvalue weighted by Crippen LogP contribution is 2.29. The van der Waals surface area contributed by atoms with E-state index in [0.717, 1.165) is 0 Å². The monoisotopic (exact) mass is 265 g/mol. The van der Waals surface area contributed by atoms with Crippen molar-refractivity contribution < 1.29 is 13.9 Å². The summed E-state index contributed by atoms with van der Waals surface area (Å²) in [5, 5.41) is 9.42. The zero-order chi connectivity index (χ0) is 10.7. The minimum atomic E-state index is -2.46. The largest absolute Gasteiger partial charge is 0.508 e. The molecule has 0 heterocycles. The number of hydrogen-bond donors (Lipinski definition) is 2. The molecule has 1 atom stereocenters. The van der Waals surface area contributed by atoms with Crippen molar-refractivity contribution in [3.63, 3.8) is 0 Å². The summed E-state index contributed by atoms with van der Waals surface area (Å²) >= 11 is 3.15. The van der Waals surface area contributed by atoms with Crippen LogP contribution in [0.3, 0.4) is 0 Å². The summed E-state index contributed by atoms with van der Waals surface area (Å²) in [5.74, 6) is -0.0625. The summed E-state index contributed by atoms with van der Waals surface area (Å²) in [6.07, 6.45) is -2.91. The molecule has 0 unspecified atom stereocenters. The van der Waals surface area contributed by atoms with Gasteiger partial charge in [-0.3, -0.25) is 0 Å². The zero-order valence-electron chi connectivity index (χ0n) is 7.25. The Balaban J connectivity index is 2.84. The molecule has 0 aromatic heterocycles. The number of alkyl halides is 2. The molecule has 3 N–H and O–H groups in total. The molecule has 0 saturated heterocycles. The van der Waals surface area contributed by atoms with Gasteiger partial charge in [0.15, 0.2) is 0 Å². The Morgan fingerprint density at radius 1 is 1.43 bits per heavy atom. The van der Waals surface area contributed by atoms with Crippen LogP contribution in [0, 0.1) is 0 Å². The van der Waals surface area contributed by atoms with Crippen molar-refractivity contribution in [2.45, 2.75) is 18.9 Å². The van der Waals surface area contributed by atoms with E-state index in [4.69, 9.17) is 5.73 Å². The molecule has 5 heteroatoms. The predicted octanol–water partition coefficient (Wildman–Crippen LogP) is 2.81. The van der Waals surface area contributed by atoms with Crippen molar-refractivity contribution in [2.75, 3.05) is 0 Å². The number of hydrogen-bond acceptors (Lipinski definition) is 2. The lowest BCUT2D eigenvalue weighted by molar-refractivity contribution is 0.128. The van der Waals surface area contributed by atoms with Crippen molar-refractivity contribution in [1.29, 1.82) is 0 Å². The summed E-state index contributed by atoms with van der Waals surface area (Å²) in [5.41, 5.74) is 5.83. The number of rotatable bonds is 3. The van der Waals surface area contributed by atoms with Gasteiger partial charge in [-0.25, -0.2) is 8.78 Å². The zero-order valence-corrected chi connectivity index (χ0v) is 8.84. The number of aromatic hydroxyl groups is 1. The molecule has 0 amide bonds. The van der Waals surface area contributed by atoms with Crippen LogP contribution < -0.4 is 5.73 Å². The maximum absolute atomic E-state index is 12.0. The molecule has 2 nitrogen and oxygen atoms in total. The summed E-state index contributed by atoms with van der Waals surface area (Å²) in [7, 11) is 0. The standard InChI is InChI=1S/C9H10BrF2NO/c10-5-1-2-6(8(14)3-5)7(13)4-9(11)12/h1-3,7,9,14H,4,13H2/t7-/m0/s1. The van der Waals surface area contributed by atoms with E-state index >= 15 is 0 Å². The van der Waals surface area contributed by atoms with Crippen LogP contribution in [0.2, 0.25) is 0 Å². The van der Waals surface area contributed by atoms with Crippen LogP contribution in [0.5, 0.6) is 5.75 Å². The molecule has 0 radical (unpaired) electrons. The Morgan fingerprint density at radius 3 is 2.57 bits per heavy atom. The summed E-state index contributed by atoms with van der Waals surface area (Å²) in [6, 6.07) is 3.79. The first-order chi connectivity index (χ1) is 6.50. The summed E-state index contributed by atoms with van der Waals surface area (Å²) < 4.78 is 24.7. The minimum Gasteiger partial charge on any atom is -0.508 e. The van der Waals surface area contributed by atoms with Gasteiger partial charge in [0.1, 0.15) is 5.75 Å². The number of nitrogens with two attached hydrogens (primary N) is 1. The number of halogens is 3. The average Bonchev–Trinajstić information content (AvgIpc) is 2.01. The fourth-order valence-corrected chi connectivity index (χ4v) is 1.50. The fourth-order valence-electron chi connectivity index (χ4n) is 1.15. The molecule has 78 valence electrons. The third-order valence-electron chi connectivity index (χ3n) is 1.82.